The summed E-state index contributed by atoms with van der Waals surface area (Å²) < 4.78 is 5.36. The molecule has 1 fully saturated rings. The van der Waals surface area contributed by atoms with Gasteiger partial charge in [0.05, 0.1) is 13.2 Å². The van der Waals surface area contributed by atoms with Crippen LogP contribution in [0.4, 0.5) is 0 Å². The Morgan fingerprint density at radius 1 is 1.25 bits per heavy atom. The lowest BCUT2D eigenvalue weighted by Gasteiger charge is -2.32. The number of alkyl halides is 1. The minimum atomic E-state index is 0.466. The predicted octanol–water partition coefficient (Wildman–Crippen LogP) is 2.82. The van der Waals surface area contributed by atoms with Crippen LogP contribution >= 0.6 is 11.6 Å². The van der Waals surface area contributed by atoms with Gasteiger partial charge < -0.3 is 4.74 Å². The quantitative estimate of drug-likeness (QED) is 0.753. The zero-order valence-electron chi connectivity index (χ0n) is 9.66. The molecule has 2 rings (SSSR count). The van der Waals surface area contributed by atoms with Crippen molar-refractivity contribution >= 4 is 11.6 Å². The summed E-state index contributed by atoms with van der Waals surface area (Å²) in [5.74, 6) is 0.589. The van der Waals surface area contributed by atoms with Crippen LogP contribution < -0.4 is 0 Å². The lowest BCUT2D eigenvalue weighted by molar-refractivity contribution is 0.0198. The molecule has 1 aliphatic heterocycles. The van der Waals surface area contributed by atoms with Crippen LogP contribution in [0.5, 0.6) is 0 Å². The van der Waals surface area contributed by atoms with Gasteiger partial charge in [-0.05, 0) is 18.1 Å². The molecule has 0 amide bonds. The second-order valence-corrected chi connectivity index (χ2v) is 4.47. The van der Waals surface area contributed by atoms with E-state index in [2.05, 4.69) is 36.1 Å². The predicted molar refractivity (Wildman–Crippen MR) is 66.8 cm³/mol. The first-order chi connectivity index (χ1) is 7.81. The molecule has 3 heteroatoms. The lowest BCUT2D eigenvalue weighted by atomic mass is 10.0. The number of rotatable bonds is 3. The maximum absolute atomic E-state index is 5.78. The van der Waals surface area contributed by atoms with E-state index in [-0.39, 0.29) is 0 Å². The third-order valence-corrected chi connectivity index (χ3v) is 3.52. The molecule has 0 aromatic heterocycles. The number of benzene rings is 1. The van der Waals surface area contributed by atoms with Crippen molar-refractivity contribution in [3.8, 4) is 0 Å². The van der Waals surface area contributed by atoms with E-state index in [9.17, 15) is 0 Å². The van der Waals surface area contributed by atoms with E-state index < -0.39 is 0 Å². The van der Waals surface area contributed by atoms with E-state index in [1.165, 1.54) is 11.1 Å². The van der Waals surface area contributed by atoms with Crippen LogP contribution in [0.3, 0.4) is 0 Å². The molecule has 1 aromatic rings. The first-order valence-corrected chi connectivity index (χ1v) is 6.31. The highest BCUT2D eigenvalue weighted by atomic mass is 35.5. The van der Waals surface area contributed by atoms with Gasteiger partial charge in [-0.1, -0.05) is 24.3 Å². The Bertz CT molecular complexity index is 319. The summed E-state index contributed by atoms with van der Waals surface area (Å²) in [7, 11) is 0. The summed E-state index contributed by atoms with van der Waals surface area (Å²) in [6.45, 7) is 6.01. The van der Waals surface area contributed by atoms with Crippen molar-refractivity contribution in [1.29, 1.82) is 0 Å². The fraction of sp³-hybridized carbons (Fsp3) is 0.538. The van der Waals surface area contributed by atoms with Crippen LogP contribution in [0, 0.1) is 0 Å². The molecule has 0 spiro atoms. The fourth-order valence-corrected chi connectivity index (χ4v) is 2.24. The van der Waals surface area contributed by atoms with Crippen molar-refractivity contribution in [2.24, 2.45) is 0 Å². The van der Waals surface area contributed by atoms with E-state index in [1.54, 1.807) is 0 Å². The highest BCUT2D eigenvalue weighted by Crippen LogP contribution is 2.21. The van der Waals surface area contributed by atoms with Crippen molar-refractivity contribution in [3.63, 3.8) is 0 Å². The van der Waals surface area contributed by atoms with Crippen molar-refractivity contribution in [1.82, 2.24) is 4.90 Å². The van der Waals surface area contributed by atoms with Crippen LogP contribution in [0.2, 0.25) is 0 Å². The summed E-state index contributed by atoms with van der Waals surface area (Å²) in [5, 5.41) is 0. The summed E-state index contributed by atoms with van der Waals surface area (Å²) in [5.41, 5.74) is 2.54. The number of morpholine rings is 1. The van der Waals surface area contributed by atoms with E-state index in [0.717, 1.165) is 26.3 Å². The molecule has 1 aliphatic rings. The third kappa shape index (κ3) is 2.76. The van der Waals surface area contributed by atoms with Crippen LogP contribution in [-0.2, 0) is 10.6 Å². The summed E-state index contributed by atoms with van der Waals surface area (Å²) in [4.78, 5) is 2.46. The Kier molecular flexibility index (Phi) is 4.22. The highest BCUT2D eigenvalue weighted by Gasteiger charge is 2.17. The van der Waals surface area contributed by atoms with Gasteiger partial charge in [0.2, 0.25) is 0 Å². The maximum atomic E-state index is 5.78. The first kappa shape index (κ1) is 11.9. The Morgan fingerprint density at radius 2 is 1.88 bits per heavy atom. The van der Waals surface area contributed by atoms with E-state index >= 15 is 0 Å². The molecule has 0 saturated carbocycles. The molecule has 1 heterocycles. The third-order valence-electron chi connectivity index (χ3n) is 3.21. The zero-order chi connectivity index (χ0) is 11.4. The number of ether oxygens (including phenoxy) is 1. The van der Waals surface area contributed by atoms with Gasteiger partial charge in [0.25, 0.3) is 0 Å². The molecular weight excluding hydrogens is 222 g/mol. The van der Waals surface area contributed by atoms with Crippen LogP contribution in [0.1, 0.15) is 24.1 Å². The minimum absolute atomic E-state index is 0.466. The standard InChI is InChI=1S/C13H18ClNO/c1-11(15-6-8-16-9-7-15)13-4-2-12(10-14)3-5-13/h2-5,11H,6-10H2,1H3. The smallest absolute Gasteiger partial charge is 0.0594 e. The molecule has 2 nitrogen and oxygen atoms in total. The van der Waals surface area contributed by atoms with Crippen molar-refractivity contribution in [3.05, 3.63) is 35.4 Å². The molecule has 0 N–H and O–H groups in total. The number of nitrogens with zero attached hydrogens (tertiary/aromatic N) is 1. The molecular formula is C13H18ClNO. The van der Waals surface area contributed by atoms with Crippen LogP contribution in [-0.4, -0.2) is 31.2 Å². The monoisotopic (exact) mass is 239 g/mol. The van der Waals surface area contributed by atoms with Gasteiger partial charge in [0, 0.05) is 25.0 Å². The zero-order valence-corrected chi connectivity index (χ0v) is 10.4. The molecule has 0 radical (unpaired) electrons. The van der Waals surface area contributed by atoms with Crippen LogP contribution in [0.15, 0.2) is 24.3 Å². The van der Waals surface area contributed by atoms with Crippen molar-refractivity contribution in [2.45, 2.75) is 18.8 Å². The van der Waals surface area contributed by atoms with E-state index in [4.69, 9.17) is 16.3 Å². The Balaban J connectivity index is 2.04. The first-order valence-electron chi connectivity index (χ1n) is 5.78. The highest BCUT2D eigenvalue weighted by molar-refractivity contribution is 6.17. The Morgan fingerprint density at radius 3 is 2.44 bits per heavy atom. The van der Waals surface area contributed by atoms with Gasteiger partial charge >= 0.3 is 0 Å². The second kappa shape index (κ2) is 5.67. The van der Waals surface area contributed by atoms with E-state index in [0.29, 0.717) is 11.9 Å². The topological polar surface area (TPSA) is 12.5 Å². The summed E-state index contributed by atoms with van der Waals surface area (Å²) in [6, 6.07) is 9.04. The lowest BCUT2D eigenvalue weighted by Crippen LogP contribution is -2.37. The van der Waals surface area contributed by atoms with Crippen molar-refractivity contribution < 1.29 is 4.74 Å². The second-order valence-electron chi connectivity index (χ2n) is 4.20. The van der Waals surface area contributed by atoms with Gasteiger partial charge in [-0.25, -0.2) is 0 Å². The molecule has 1 atom stereocenters. The van der Waals surface area contributed by atoms with Gasteiger partial charge in [-0.15, -0.1) is 11.6 Å². The SMILES string of the molecule is CC(c1ccc(CCl)cc1)N1CCOCC1. The van der Waals surface area contributed by atoms with Crippen LogP contribution in [0.25, 0.3) is 0 Å². The van der Waals surface area contributed by atoms with Gasteiger partial charge in [-0.2, -0.15) is 0 Å². The Hall–Kier alpha value is -0.570. The Labute approximate surface area is 102 Å². The molecule has 0 bridgehead atoms. The molecule has 1 aromatic carbocycles. The number of hydrogen-bond donors (Lipinski definition) is 0. The molecule has 1 unspecified atom stereocenters. The minimum Gasteiger partial charge on any atom is -0.379 e. The summed E-state index contributed by atoms with van der Waals surface area (Å²) >= 11 is 5.78. The van der Waals surface area contributed by atoms with Gasteiger partial charge in [0.15, 0.2) is 0 Å². The molecule has 88 valence electrons. The average molecular weight is 240 g/mol. The number of halogens is 1. The average Bonchev–Trinajstić information content (AvgIpc) is 2.39. The normalized spacial score (nSPS) is 19.6. The summed E-state index contributed by atoms with van der Waals surface area (Å²) in [6.07, 6.45) is 0. The molecule has 0 aliphatic carbocycles. The largest absolute Gasteiger partial charge is 0.379 e. The van der Waals surface area contributed by atoms with Gasteiger partial charge in [0.1, 0.15) is 0 Å². The van der Waals surface area contributed by atoms with Gasteiger partial charge in [-0.3, -0.25) is 4.90 Å². The maximum Gasteiger partial charge on any atom is 0.0594 e. The number of hydrogen-bond acceptors (Lipinski definition) is 2. The van der Waals surface area contributed by atoms with E-state index in [1.807, 2.05) is 0 Å². The molecule has 1 saturated heterocycles. The molecule has 16 heavy (non-hydrogen) atoms. The van der Waals surface area contributed by atoms with Crippen molar-refractivity contribution in [2.75, 3.05) is 26.3 Å². The fourth-order valence-electron chi connectivity index (χ4n) is 2.06.